The molecule has 0 heterocycles. The van der Waals surface area contributed by atoms with Gasteiger partial charge in [-0.3, -0.25) is 4.39 Å². The van der Waals surface area contributed by atoms with Crippen molar-refractivity contribution in [3.8, 4) is 22.3 Å². The summed E-state index contributed by atoms with van der Waals surface area (Å²) in [7, 11) is 1.99. The number of hydrogen-bond donors (Lipinski definition) is 3. The first-order chi connectivity index (χ1) is 27.7. The third-order valence-electron chi connectivity index (χ3n) is 8.83. The molecule has 0 unspecified atom stereocenters. The van der Waals surface area contributed by atoms with Crippen LogP contribution in [0.25, 0.3) is 65.3 Å². The Balaban J connectivity index is 0.000000170. The van der Waals surface area contributed by atoms with Crippen LogP contribution in [0.3, 0.4) is 0 Å². The normalized spacial score (nSPS) is 10.3. The Hall–Kier alpha value is -4.89. The van der Waals surface area contributed by atoms with E-state index in [1.165, 1.54) is 65.3 Å². The van der Waals surface area contributed by atoms with E-state index in [-0.39, 0.29) is 0 Å². The molecule has 1 radical (unpaired) electrons. The van der Waals surface area contributed by atoms with Crippen LogP contribution >= 0.6 is 44.7 Å². The van der Waals surface area contributed by atoms with E-state index in [2.05, 4.69) is 214 Å². The van der Waals surface area contributed by atoms with Gasteiger partial charge in [-0.25, -0.2) is 0 Å². The molecule has 56 heavy (non-hydrogen) atoms. The largest absolute Gasteiger partial charge is 0.0622 e. The third kappa shape index (κ3) is 11.6. The van der Waals surface area contributed by atoms with Gasteiger partial charge in [-0.05, 0) is 131 Å². The van der Waals surface area contributed by atoms with Crippen molar-refractivity contribution in [1.29, 1.82) is 0 Å². The van der Waals surface area contributed by atoms with Gasteiger partial charge in [-0.2, -0.15) is 0 Å². The van der Waals surface area contributed by atoms with E-state index in [1.54, 1.807) is 24.3 Å². The Bertz CT molecular complexity index is 2520. The molecule has 9 aromatic carbocycles. The van der Waals surface area contributed by atoms with Crippen molar-refractivity contribution < 1.29 is 15.8 Å². The van der Waals surface area contributed by atoms with Crippen molar-refractivity contribution >= 4 is 108 Å². The second-order valence-electron chi connectivity index (χ2n) is 12.4. The minimum absolute atomic E-state index is 0.525. The number of rotatable bonds is 3. The summed E-state index contributed by atoms with van der Waals surface area (Å²) in [4.78, 5) is 0. The van der Waals surface area contributed by atoms with Gasteiger partial charge >= 0.3 is 31.9 Å². The van der Waals surface area contributed by atoms with Crippen LogP contribution in [0.1, 0.15) is 1.37 Å². The molecule has 0 aliphatic carbocycles. The number of alkyl halides is 1. The van der Waals surface area contributed by atoms with Crippen LogP contribution < -0.4 is 5.46 Å². The van der Waals surface area contributed by atoms with E-state index >= 15 is 0 Å². The zero-order chi connectivity index (χ0) is 40.6. The predicted octanol–water partition coefficient (Wildman–Crippen LogP) is 13.0. The van der Waals surface area contributed by atoms with Gasteiger partial charge in [0.1, 0.15) is 0 Å². The molecule has 0 spiro atoms. The van der Waals surface area contributed by atoms with Gasteiger partial charge in [0.15, 0.2) is 0 Å². The summed E-state index contributed by atoms with van der Waals surface area (Å²) in [6.07, 6.45) is 0. The smallest absolute Gasteiger partial charge is 0.0171 e. The minimum atomic E-state index is -1.34. The number of thiol groups is 1. The van der Waals surface area contributed by atoms with Crippen LogP contribution in [0, 0.1) is 0 Å². The van der Waals surface area contributed by atoms with Gasteiger partial charge in [0, 0.05) is 8.95 Å². The van der Waals surface area contributed by atoms with Crippen molar-refractivity contribution in [1.82, 2.24) is 0 Å². The van der Waals surface area contributed by atoms with Crippen LogP contribution in [0.15, 0.2) is 201 Å². The molecule has 0 saturated heterocycles. The molecule has 0 fully saturated rings. The standard InChI is InChI=1S/C26H18.C14H8Br2.C6H7BO2.CH3F.BHNS/c1-3-7-19(8-4-1)21-11-13-23-18-26-16-22(20-9-5-2-6-10-20)12-14-24(26)17-25(23)15-21;15-13-3-1-9-5-12-8-14(16)4-2-10(12)6-11(9)7-13;8-7(9)6-4-2-1-3-5-6;1-2;1-2-3/h1-18H;1-8H;1-5,8-9H;1H3;3H/i;;;1D;. The Kier molecular flexibility index (Phi) is 15.6. The first-order valence-corrected chi connectivity index (χ1v) is 19.4. The second kappa shape index (κ2) is 21.4. The average molecular weight is 881 g/mol. The van der Waals surface area contributed by atoms with Gasteiger partial charge in [0.05, 0.1) is 8.52 Å². The second-order valence-corrected chi connectivity index (χ2v) is 14.5. The predicted molar refractivity (Wildman–Crippen MR) is 250 cm³/mol. The van der Waals surface area contributed by atoms with Crippen LogP contribution in [0.4, 0.5) is 4.39 Å². The molecule has 9 rings (SSSR count). The minimum Gasteiger partial charge on any atom is -0.0622 e. The van der Waals surface area contributed by atoms with Gasteiger partial charge < -0.3 is 10.0 Å². The van der Waals surface area contributed by atoms with Gasteiger partial charge in [0.25, 0.3) is 0 Å². The van der Waals surface area contributed by atoms with Crippen LogP contribution in [0.5, 0.6) is 0 Å². The Morgan fingerprint density at radius 2 is 0.786 bits per heavy atom. The average Bonchev–Trinajstić information content (AvgIpc) is 3.24. The Morgan fingerprint density at radius 1 is 0.482 bits per heavy atom. The number of fused-ring (bicyclic) bond motifs is 4. The summed E-state index contributed by atoms with van der Waals surface area (Å²) < 4.78 is 20.4. The molecule has 0 aliphatic heterocycles. The quantitative estimate of drug-likeness (QED) is 0.0941. The molecule has 9 aromatic rings. The van der Waals surface area contributed by atoms with E-state index < -0.39 is 14.3 Å². The summed E-state index contributed by atoms with van der Waals surface area (Å²) >= 11 is 10.2. The molecule has 275 valence electrons. The molecule has 0 bridgehead atoms. The van der Waals surface area contributed by atoms with Crippen molar-refractivity contribution in [2.24, 2.45) is 4.30 Å². The molecular weight excluding hydrogens is 843 g/mol. The SMILES string of the molecule is Brc1ccc2cc3cc(Br)ccc3cc2c1.OB(O)c1ccccc1.[2H]CF.[B]=NS.c1ccc(-c2ccc3cc4cc(-c5ccccc5)ccc4cc3c2)cc1. The molecular formula is C47H37B2Br2FNO2S. The molecule has 0 saturated carbocycles. The zero-order valence-electron chi connectivity index (χ0n) is 31.2. The number of halogens is 3. The Morgan fingerprint density at radius 3 is 1.11 bits per heavy atom. The number of hydrogen-bond acceptors (Lipinski definition) is 4. The van der Waals surface area contributed by atoms with E-state index in [0.29, 0.717) is 5.46 Å². The first-order valence-electron chi connectivity index (χ1n) is 18.1. The van der Waals surface area contributed by atoms with Gasteiger partial charge in [-0.1, -0.05) is 159 Å². The topological polar surface area (TPSA) is 52.8 Å². The molecule has 0 aliphatic rings. The van der Waals surface area contributed by atoms with Crippen molar-refractivity contribution in [2.75, 3.05) is 7.15 Å². The summed E-state index contributed by atoms with van der Waals surface area (Å²) in [5, 5.41) is 27.4. The molecule has 0 amide bonds. The van der Waals surface area contributed by atoms with Crippen molar-refractivity contribution in [2.45, 2.75) is 0 Å². The van der Waals surface area contributed by atoms with E-state index in [1.807, 2.05) is 6.07 Å². The maximum absolute atomic E-state index is 9.96. The Labute approximate surface area is 352 Å². The molecule has 3 nitrogen and oxygen atoms in total. The zero-order valence-corrected chi connectivity index (χ0v) is 34.2. The summed E-state index contributed by atoms with van der Waals surface area (Å²) in [6, 6.07) is 65.0. The van der Waals surface area contributed by atoms with E-state index in [9.17, 15) is 4.39 Å². The van der Waals surface area contributed by atoms with Gasteiger partial charge in [0.2, 0.25) is 0 Å². The van der Waals surface area contributed by atoms with Crippen LogP contribution in [0.2, 0.25) is 0 Å². The van der Waals surface area contributed by atoms with E-state index in [0.717, 1.165) is 8.95 Å². The molecule has 0 aromatic heterocycles. The fourth-order valence-corrected chi connectivity index (χ4v) is 6.94. The molecule has 2 N–H and O–H groups in total. The third-order valence-corrected chi connectivity index (χ3v) is 9.81. The summed E-state index contributed by atoms with van der Waals surface area (Å²) in [6.45, 7) is 0. The fourth-order valence-electron chi connectivity index (χ4n) is 6.18. The maximum atomic E-state index is 9.96. The van der Waals surface area contributed by atoms with Crippen LogP contribution in [-0.4, -0.2) is 32.0 Å². The van der Waals surface area contributed by atoms with Crippen molar-refractivity contribution in [3.05, 3.63) is 197 Å². The first kappa shape index (κ1) is 40.8. The van der Waals surface area contributed by atoms with Crippen LogP contribution in [-0.2, 0) is 0 Å². The van der Waals surface area contributed by atoms with E-state index in [4.69, 9.17) is 11.4 Å². The maximum Gasteiger partial charge on any atom is -0.0171 e. The van der Waals surface area contributed by atoms with Gasteiger partial charge in [-0.15, -0.1) is 0 Å². The molecule has 9 heteroatoms. The monoisotopic (exact) mass is 879 g/mol. The molecule has 0 atom stereocenters. The summed E-state index contributed by atoms with van der Waals surface area (Å²) in [5.41, 5.74) is 5.57. The fraction of sp³-hybridized carbons (Fsp3) is 0.0213. The van der Waals surface area contributed by atoms with Crippen molar-refractivity contribution in [3.63, 3.8) is 0 Å². The summed E-state index contributed by atoms with van der Waals surface area (Å²) in [5.74, 6) is 0. The number of benzene rings is 9. The number of nitrogens with zero attached hydrogens (tertiary/aromatic N) is 1.